The van der Waals surface area contributed by atoms with Crippen LogP contribution in [-0.4, -0.2) is 5.11 Å². The fraction of sp³-hybridized carbons (Fsp3) is 0.0714. The summed E-state index contributed by atoms with van der Waals surface area (Å²) in [5.41, 5.74) is 0.335. The van der Waals surface area contributed by atoms with Gasteiger partial charge in [-0.05, 0) is 24.3 Å². The van der Waals surface area contributed by atoms with Gasteiger partial charge >= 0.3 is 0 Å². The molecule has 96 valence electrons. The molecule has 2 aromatic rings. The topological polar surface area (TPSA) is 56.0 Å². The first-order chi connectivity index (χ1) is 9.10. The van der Waals surface area contributed by atoms with Crippen LogP contribution in [0.4, 0.5) is 14.5 Å². The molecular formula is C14H10F2N2O. The Bertz CT molecular complexity index is 627. The van der Waals surface area contributed by atoms with Gasteiger partial charge in [0.2, 0.25) is 0 Å². The van der Waals surface area contributed by atoms with Crippen molar-refractivity contribution in [1.82, 2.24) is 0 Å². The molecule has 0 bridgehead atoms. The molecule has 0 aliphatic carbocycles. The highest BCUT2D eigenvalue weighted by molar-refractivity contribution is 5.48. The van der Waals surface area contributed by atoms with Crippen molar-refractivity contribution in [3.8, 4) is 11.8 Å². The average molecular weight is 260 g/mol. The zero-order valence-electron chi connectivity index (χ0n) is 9.82. The Morgan fingerprint density at radius 1 is 1.16 bits per heavy atom. The predicted octanol–water partition coefficient (Wildman–Crippen LogP) is 3.15. The lowest BCUT2D eigenvalue weighted by molar-refractivity contribution is 0.475. The van der Waals surface area contributed by atoms with Gasteiger partial charge in [-0.2, -0.15) is 5.26 Å². The van der Waals surface area contributed by atoms with Crippen LogP contribution in [-0.2, 0) is 6.54 Å². The third kappa shape index (κ3) is 2.99. The van der Waals surface area contributed by atoms with E-state index in [0.29, 0.717) is 5.69 Å². The zero-order chi connectivity index (χ0) is 13.8. The summed E-state index contributed by atoms with van der Waals surface area (Å²) >= 11 is 0. The van der Waals surface area contributed by atoms with Crippen LogP contribution in [0.15, 0.2) is 36.4 Å². The number of phenolic OH excluding ortho intramolecular Hbond substituents is 1. The number of aromatic hydroxyl groups is 1. The van der Waals surface area contributed by atoms with Crippen LogP contribution in [0.3, 0.4) is 0 Å². The molecule has 0 aromatic heterocycles. The molecule has 0 heterocycles. The Kier molecular flexibility index (Phi) is 3.62. The molecule has 0 saturated carbocycles. The molecule has 0 spiro atoms. The SMILES string of the molecule is N#Cc1cc(F)c(CNc2cccc(O)c2)c(F)c1. The summed E-state index contributed by atoms with van der Waals surface area (Å²) in [6.45, 7) is -0.0766. The number of benzene rings is 2. The van der Waals surface area contributed by atoms with Crippen LogP contribution in [0.5, 0.6) is 5.75 Å². The molecule has 0 aliphatic rings. The molecule has 5 heteroatoms. The Morgan fingerprint density at radius 2 is 1.84 bits per heavy atom. The summed E-state index contributed by atoms with van der Waals surface area (Å²) in [5.74, 6) is -1.49. The Labute approximate surface area is 108 Å². The highest BCUT2D eigenvalue weighted by atomic mass is 19.1. The van der Waals surface area contributed by atoms with Gasteiger partial charge in [0.15, 0.2) is 0 Å². The molecule has 0 fully saturated rings. The first kappa shape index (κ1) is 12.8. The Balaban J connectivity index is 2.18. The average Bonchev–Trinajstić information content (AvgIpc) is 2.37. The van der Waals surface area contributed by atoms with E-state index in [0.717, 1.165) is 12.1 Å². The summed E-state index contributed by atoms with van der Waals surface area (Å²) in [6.07, 6.45) is 0. The van der Waals surface area contributed by atoms with Gasteiger partial charge in [0.05, 0.1) is 11.6 Å². The molecule has 0 unspecified atom stereocenters. The number of hydrogen-bond acceptors (Lipinski definition) is 3. The van der Waals surface area contributed by atoms with Gasteiger partial charge in [-0.15, -0.1) is 0 Å². The molecule has 0 aliphatic heterocycles. The van der Waals surface area contributed by atoms with E-state index in [2.05, 4.69) is 5.32 Å². The van der Waals surface area contributed by atoms with Gasteiger partial charge in [0.1, 0.15) is 17.4 Å². The number of nitrogens with zero attached hydrogens (tertiary/aromatic N) is 1. The van der Waals surface area contributed by atoms with Gasteiger partial charge in [0, 0.05) is 23.9 Å². The maximum absolute atomic E-state index is 13.6. The number of halogens is 2. The molecular weight excluding hydrogens is 250 g/mol. The lowest BCUT2D eigenvalue weighted by Gasteiger charge is -2.09. The largest absolute Gasteiger partial charge is 0.508 e. The second kappa shape index (κ2) is 5.36. The molecule has 0 amide bonds. The van der Waals surface area contributed by atoms with Gasteiger partial charge < -0.3 is 10.4 Å². The van der Waals surface area contributed by atoms with Crippen LogP contribution in [0.25, 0.3) is 0 Å². The Hall–Kier alpha value is -2.61. The number of hydrogen-bond donors (Lipinski definition) is 2. The smallest absolute Gasteiger partial charge is 0.132 e. The van der Waals surface area contributed by atoms with E-state index in [1.54, 1.807) is 18.2 Å². The number of phenols is 1. The van der Waals surface area contributed by atoms with Crippen molar-refractivity contribution in [2.45, 2.75) is 6.54 Å². The number of nitriles is 1. The van der Waals surface area contributed by atoms with Gasteiger partial charge in [0.25, 0.3) is 0 Å². The summed E-state index contributed by atoms with van der Waals surface area (Å²) in [5, 5.41) is 20.7. The molecule has 2 N–H and O–H groups in total. The van der Waals surface area contributed by atoms with Gasteiger partial charge in [-0.3, -0.25) is 0 Å². The highest BCUT2D eigenvalue weighted by Crippen LogP contribution is 2.19. The third-order valence-corrected chi connectivity index (χ3v) is 2.59. The number of nitrogens with one attached hydrogen (secondary N) is 1. The predicted molar refractivity (Wildman–Crippen MR) is 66.5 cm³/mol. The minimum absolute atomic E-state index is 0.0592. The van der Waals surface area contributed by atoms with E-state index in [9.17, 15) is 13.9 Å². The van der Waals surface area contributed by atoms with Crippen LogP contribution >= 0.6 is 0 Å². The summed E-state index contributed by atoms with van der Waals surface area (Å²) in [4.78, 5) is 0. The molecule has 0 radical (unpaired) electrons. The van der Waals surface area contributed by atoms with Gasteiger partial charge in [-0.1, -0.05) is 6.07 Å². The van der Waals surface area contributed by atoms with E-state index in [4.69, 9.17) is 5.26 Å². The lowest BCUT2D eigenvalue weighted by Crippen LogP contribution is -2.05. The van der Waals surface area contributed by atoms with Crippen LogP contribution in [0.2, 0.25) is 0 Å². The van der Waals surface area contributed by atoms with Crippen molar-refractivity contribution in [3.05, 3.63) is 59.2 Å². The summed E-state index contributed by atoms with van der Waals surface area (Å²) < 4.78 is 27.2. The van der Waals surface area contributed by atoms with Crippen molar-refractivity contribution in [2.75, 3.05) is 5.32 Å². The van der Waals surface area contributed by atoms with E-state index in [1.807, 2.05) is 0 Å². The van der Waals surface area contributed by atoms with Crippen molar-refractivity contribution in [2.24, 2.45) is 0 Å². The minimum atomic E-state index is -0.774. The lowest BCUT2D eigenvalue weighted by atomic mass is 10.1. The molecule has 2 rings (SSSR count). The maximum atomic E-state index is 13.6. The van der Waals surface area contributed by atoms with E-state index in [1.165, 1.54) is 12.1 Å². The van der Waals surface area contributed by atoms with E-state index >= 15 is 0 Å². The fourth-order valence-corrected chi connectivity index (χ4v) is 1.64. The monoisotopic (exact) mass is 260 g/mol. The van der Waals surface area contributed by atoms with E-state index < -0.39 is 11.6 Å². The standard InChI is InChI=1S/C14H10F2N2O/c15-13-4-9(7-17)5-14(16)12(13)8-18-10-2-1-3-11(19)6-10/h1-6,18-19H,8H2. The van der Waals surface area contributed by atoms with E-state index in [-0.39, 0.29) is 23.4 Å². The van der Waals surface area contributed by atoms with Crippen LogP contribution in [0, 0.1) is 23.0 Å². The molecule has 3 nitrogen and oxygen atoms in total. The third-order valence-electron chi connectivity index (χ3n) is 2.59. The van der Waals surface area contributed by atoms with Crippen molar-refractivity contribution >= 4 is 5.69 Å². The summed E-state index contributed by atoms with van der Waals surface area (Å²) in [6, 6.07) is 9.88. The zero-order valence-corrected chi connectivity index (χ0v) is 9.82. The van der Waals surface area contributed by atoms with Crippen LogP contribution < -0.4 is 5.32 Å². The van der Waals surface area contributed by atoms with Crippen molar-refractivity contribution in [3.63, 3.8) is 0 Å². The second-order valence-corrected chi connectivity index (χ2v) is 3.93. The number of rotatable bonds is 3. The first-order valence-electron chi connectivity index (χ1n) is 5.51. The van der Waals surface area contributed by atoms with Crippen LogP contribution in [0.1, 0.15) is 11.1 Å². The normalized spacial score (nSPS) is 9.95. The summed E-state index contributed by atoms with van der Waals surface area (Å²) in [7, 11) is 0. The highest BCUT2D eigenvalue weighted by Gasteiger charge is 2.11. The van der Waals surface area contributed by atoms with Crippen molar-refractivity contribution in [1.29, 1.82) is 5.26 Å². The molecule has 0 atom stereocenters. The maximum Gasteiger partial charge on any atom is 0.132 e. The van der Waals surface area contributed by atoms with Gasteiger partial charge in [-0.25, -0.2) is 8.78 Å². The molecule has 19 heavy (non-hydrogen) atoms. The quantitative estimate of drug-likeness (QED) is 0.891. The first-order valence-corrected chi connectivity index (χ1v) is 5.51. The Morgan fingerprint density at radius 3 is 2.42 bits per heavy atom. The number of anilines is 1. The molecule has 2 aromatic carbocycles. The van der Waals surface area contributed by atoms with Crippen molar-refractivity contribution < 1.29 is 13.9 Å². The second-order valence-electron chi connectivity index (χ2n) is 3.93. The molecule has 0 saturated heterocycles. The fourth-order valence-electron chi connectivity index (χ4n) is 1.64. The minimum Gasteiger partial charge on any atom is -0.508 e.